The molecule has 1 unspecified atom stereocenters. The molecule has 1 aromatic rings. The van der Waals surface area contributed by atoms with E-state index < -0.39 is 5.75 Å². The number of aliphatic hydroxyl groups is 1. The van der Waals surface area contributed by atoms with E-state index in [1.165, 1.54) is 12.1 Å². The summed E-state index contributed by atoms with van der Waals surface area (Å²) in [6.45, 7) is 4.46. The van der Waals surface area contributed by atoms with Crippen molar-refractivity contribution in [2.45, 2.75) is 32.9 Å². The van der Waals surface area contributed by atoms with Crippen LogP contribution in [0.2, 0.25) is 0 Å². The van der Waals surface area contributed by atoms with Crippen molar-refractivity contribution in [1.29, 1.82) is 0 Å². The fourth-order valence-corrected chi connectivity index (χ4v) is 1.80. The zero-order valence-electron chi connectivity index (χ0n) is 10.7. The molecule has 5 heteroatoms. The molecule has 5 nitrogen and oxygen atoms in total. The van der Waals surface area contributed by atoms with Crippen LogP contribution in [-0.2, 0) is 6.54 Å². The van der Waals surface area contributed by atoms with Gasteiger partial charge in [-0.25, -0.2) is 0 Å². The number of hydrogen-bond donors (Lipinski definition) is 5. The van der Waals surface area contributed by atoms with Crippen molar-refractivity contribution in [3.63, 3.8) is 0 Å². The summed E-state index contributed by atoms with van der Waals surface area (Å²) in [5.41, 5.74) is 0.479. The Balaban J connectivity index is 2.65. The van der Waals surface area contributed by atoms with Crippen LogP contribution in [0, 0.1) is 5.92 Å². The van der Waals surface area contributed by atoms with E-state index in [4.69, 9.17) is 0 Å². The number of benzene rings is 1. The highest BCUT2D eigenvalue weighted by Crippen LogP contribution is 2.36. The Morgan fingerprint density at radius 2 is 1.78 bits per heavy atom. The summed E-state index contributed by atoms with van der Waals surface area (Å²) in [5.74, 6) is -0.740. The Hall–Kier alpha value is -1.46. The van der Waals surface area contributed by atoms with E-state index in [2.05, 4.69) is 19.2 Å². The van der Waals surface area contributed by atoms with Crippen LogP contribution in [0.25, 0.3) is 0 Å². The van der Waals surface area contributed by atoms with Gasteiger partial charge in [0.05, 0.1) is 6.61 Å². The molecule has 0 saturated heterocycles. The molecular formula is C13H21NO4. The summed E-state index contributed by atoms with van der Waals surface area (Å²) in [4.78, 5) is 0. The highest BCUT2D eigenvalue weighted by atomic mass is 16.3. The first-order chi connectivity index (χ1) is 8.45. The number of nitrogens with one attached hydrogen (secondary N) is 1. The summed E-state index contributed by atoms with van der Waals surface area (Å²) in [5, 5.41) is 40.5. The average molecular weight is 255 g/mol. The van der Waals surface area contributed by atoms with Crippen LogP contribution in [0.1, 0.15) is 25.8 Å². The predicted molar refractivity (Wildman–Crippen MR) is 68.6 cm³/mol. The third-order valence-corrected chi connectivity index (χ3v) is 2.77. The average Bonchev–Trinajstić information content (AvgIpc) is 2.33. The van der Waals surface area contributed by atoms with E-state index in [0.29, 0.717) is 18.0 Å². The maximum atomic E-state index is 9.63. The van der Waals surface area contributed by atoms with Crippen molar-refractivity contribution in [3.8, 4) is 17.2 Å². The zero-order valence-corrected chi connectivity index (χ0v) is 10.7. The van der Waals surface area contributed by atoms with Gasteiger partial charge in [0.25, 0.3) is 0 Å². The minimum atomic E-state index is -0.515. The van der Waals surface area contributed by atoms with Crippen molar-refractivity contribution < 1.29 is 20.4 Å². The first kappa shape index (κ1) is 14.6. The van der Waals surface area contributed by atoms with E-state index in [-0.39, 0.29) is 24.1 Å². The molecule has 0 aliphatic heterocycles. The number of aliphatic hydroxyl groups excluding tert-OH is 1. The Bertz CT molecular complexity index is 393. The van der Waals surface area contributed by atoms with Gasteiger partial charge in [-0.1, -0.05) is 19.9 Å². The smallest absolute Gasteiger partial charge is 0.200 e. The Labute approximate surface area is 107 Å². The Morgan fingerprint density at radius 3 is 2.33 bits per heavy atom. The normalized spacial score (nSPS) is 12.9. The largest absolute Gasteiger partial charge is 0.504 e. The summed E-state index contributed by atoms with van der Waals surface area (Å²) in [6, 6.07) is 2.80. The number of rotatable bonds is 6. The highest BCUT2D eigenvalue weighted by Gasteiger charge is 2.13. The molecule has 0 bridgehead atoms. The second kappa shape index (κ2) is 6.47. The maximum Gasteiger partial charge on any atom is 0.200 e. The minimum absolute atomic E-state index is 0.0169. The molecule has 1 atom stereocenters. The second-order valence-corrected chi connectivity index (χ2v) is 4.83. The van der Waals surface area contributed by atoms with Crippen molar-refractivity contribution in [3.05, 3.63) is 17.7 Å². The molecule has 102 valence electrons. The van der Waals surface area contributed by atoms with Gasteiger partial charge in [-0.3, -0.25) is 0 Å². The summed E-state index contributed by atoms with van der Waals surface area (Å²) >= 11 is 0. The van der Waals surface area contributed by atoms with Gasteiger partial charge in [0.1, 0.15) is 0 Å². The van der Waals surface area contributed by atoms with E-state index in [9.17, 15) is 20.4 Å². The van der Waals surface area contributed by atoms with E-state index in [0.717, 1.165) is 6.42 Å². The standard InChI is InChI=1S/C13H21NO4/c1-8(2)5-10(7-15)14-6-9-3-4-11(16)13(18)12(9)17/h3-4,8,10,14-18H,5-7H2,1-2H3. The summed E-state index contributed by atoms with van der Waals surface area (Å²) < 4.78 is 0. The van der Waals surface area contributed by atoms with E-state index in [1.807, 2.05) is 0 Å². The van der Waals surface area contributed by atoms with Crippen molar-refractivity contribution in [1.82, 2.24) is 5.32 Å². The van der Waals surface area contributed by atoms with Crippen LogP contribution in [0.15, 0.2) is 12.1 Å². The molecule has 1 rings (SSSR count). The number of aromatic hydroxyl groups is 3. The van der Waals surface area contributed by atoms with Gasteiger partial charge < -0.3 is 25.7 Å². The summed E-state index contributed by atoms with van der Waals surface area (Å²) in [6.07, 6.45) is 0.821. The van der Waals surface area contributed by atoms with Gasteiger partial charge >= 0.3 is 0 Å². The lowest BCUT2D eigenvalue weighted by Gasteiger charge is -2.18. The molecule has 1 aromatic carbocycles. The molecule has 0 aliphatic rings. The van der Waals surface area contributed by atoms with Crippen LogP contribution in [-0.4, -0.2) is 33.1 Å². The minimum Gasteiger partial charge on any atom is -0.504 e. The van der Waals surface area contributed by atoms with Gasteiger partial charge in [-0.2, -0.15) is 0 Å². The number of phenolic OH excluding ortho intramolecular Hbond substituents is 3. The van der Waals surface area contributed by atoms with E-state index in [1.54, 1.807) is 0 Å². The quantitative estimate of drug-likeness (QED) is 0.494. The van der Waals surface area contributed by atoms with Crippen molar-refractivity contribution in [2.24, 2.45) is 5.92 Å². The second-order valence-electron chi connectivity index (χ2n) is 4.83. The molecule has 0 aromatic heterocycles. The van der Waals surface area contributed by atoms with Crippen LogP contribution < -0.4 is 5.32 Å². The third kappa shape index (κ3) is 3.78. The molecule has 0 amide bonds. The molecule has 18 heavy (non-hydrogen) atoms. The topological polar surface area (TPSA) is 93.0 Å². The molecule has 0 spiro atoms. The van der Waals surface area contributed by atoms with Crippen LogP contribution in [0.4, 0.5) is 0 Å². The fraction of sp³-hybridized carbons (Fsp3) is 0.538. The first-order valence-electron chi connectivity index (χ1n) is 6.02. The lowest BCUT2D eigenvalue weighted by Crippen LogP contribution is -2.33. The lowest BCUT2D eigenvalue weighted by atomic mass is 10.0. The Morgan fingerprint density at radius 1 is 1.11 bits per heavy atom. The number of phenols is 3. The maximum absolute atomic E-state index is 9.63. The Kier molecular flexibility index (Phi) is 5.25. The van der Waals surface area contributed by atoms with Gasteiger partial charge in [0, 0.05) is 18.2 Å². The third-order valence-electron chi connectivity index (χ3n) is 2.77. The van der Waals surface area contributed by atoms with Crippen LogP contribution in [0.5, 0.6) is 17.2 Å². The SMILES string of the molecule is CC(C)CC(CO)NCc1ccc(O)c(O)c1O. The van der Waals surface area contributed by atoms with Crippen molar-refractivity contribution in [2.75, 3.05) is 6.61 Å². The molecule has 0 fully saturated rings. The monoisotopic (exact) mass is 255 g/mol. The van der Waals surface area contributed by atoms with Crippen LogP contribution in [0.3, 0.4) is 0 Å². The molecule has 0 saturated carbocycles. The van der Waals surface area contributed by atoms with Gasteiger partial charge in [0.15, 0.2) is 11.5 Å². The zero-order chi connectivity index (χ0) is 13.7. The molecule has 0 heterocycles. The van der Waals surface area contributed by atoms with Gasteiger partial charge in [-0.15, -0.1) is 0 Å². The van der Waals surface area contributed by atoms with Crippen LogP contribution >= 0.6 is 0 Å². The highest BCUT2D eigenvalue weighted by molar-refractivity contribution is 5.52. The van der Waals surface area contributed by atoms with Gasteiger partial charge in [-0.05, 0) is 18.4 Å². The molecule has 0 radical (unpaired) electrons. The molecular weight excluding hydrogens is 234 g/mol. The molecule has 5 N–H and O–H groups in total. The predicted octanol–water partition coefficient (Wildman–Crippen LogP) is 1.30. The van der Waals surface area contributed by atoms with Gasteiger partial charge in [0.2, 0.25) is 5.75 Å². The first-order valence-corrected chi connectivity index (χ1v) is 6.02. The summed E-state index contributed by atoms with van der Waals surface area (Å²) in [7, 11) is 0. The lowest BCUT2D eigenvalue weighted by molar-refractivity contribution is 0.223. The van der Waals surface area contributed by atoms with E-state index >= 15 is 0 Å². The number of hydrogen-bond acceptors (Lipinski definition) is 5. The fourth-order valence-electron chi connectivity index (χ4n) is 1.80. The molecule has 0 aliphatic carbocycles. The van der Waals surface area contributed by atoms with Crippen molar-refractivity contribution >= 4 is 0 Å².